The predicted octanol–water partition coefficient (Wildman–Crippen LogP) is 4.40. The Morgan fingerprint density at radius 2 is 1.69 bits per heavy atom. The molecule has 0 unspecified atom stereocenters. The van der Waals surface area contributed by atoms with Crippen LogP contribution in [0.1, 0.15) is 56.9 Å². The lowest BCUT2D eigenvalue weighted by Crippen LogP contribution is -2.48. The Bertz CT molecular complexity index is 660. The van der Waals surface area contributed by atoms with Crippen LogP contribution in [0.15, 0.2) is 30.3 Å². The Morgan fingerprint density at radius 1 is 1.00 bits per heavy atom. The summed E-state index contributed by atoms with van der Waals surface area (Å²) in [5, 5.41) is 9.57. The van der Waals surface area contributed by atoms with Crippen molar-refractivity contribution in [1.29, 1.82) is 5.26 Å². The van der Waals surface area contributed by atoms with E-state index in [4.69, 9.17) is 0 Å². The van der Waals surface area contributed by atoms with Gasteiger partial charge >= 0.3 is 0 Å². The molecule has 1 aliphatic heterocycles. The molecule has 0 aromatic heterocycles. The molecule has 0 bridgehead atoms. The summed E-state index contributed by atoms with van der Waals surface area (Å²) in [6.45, 7) is 3.43. The first kappa shape index (κ1) is 18.0. The number of hydrogen-bond acceptors (Lipinski definition) is 3. The molecule has 1 aromatic rings. The molecule has 26 heavy (non-hydrogen) atoms. The molecule has 1 saturated heterocycles. The summed E-state index contributed by atoms with van der Waals surface area (Å²) in [5.74, 6) is 0. The maximum absolute atomic E-state index is 9.57. The van der Waals surface area contributed by atoms with Crippen LogP contribution < -0.4 is 0 Å². The molecule has 2 saturated carbocycles. The van der Waals surface area contributed by atoms with Crippen molar-refractivity contribution in [1.82, 2.24) is 9.80 Å². The molecule has 2 aliphatic carbocycles. The zero-order valence-electron chi connectivity index (χ0n) is 16.5. The van der Waals surface area contributed by atoms with Crippen LogP contribution in [-0.4, -0.2) is 43.5 Å². The lowest BCUT2D eigenvalue weighted by Gasteiger charge is -2.49. The number of hydrogen-bond donors (Lipinski definition) is 0. The number of rotatable bonds is 4. The number of nitrogens with zero attached hydrogens (tertiary/aromatic N) is 3. The average molecular weight is 352 g/mol. The first-order valence-electron chi connectivity index (χ1n) is 10.4. The van der Waals surface area contributed by atoms with Crippen LogP contribution in [0, 0.1) is 22.2 Å². The molecule has 3 heteroatoms. The van der Waals surface area contributed by atoms with Crippen molar-refractivity contribution in [3.63, 3.8) is 0 Å². The zero-order chi connectivity index (χ0) is 18.3. The van der Waals surface area contributed by atoms with E-state index >= 15 is 0 Å². The summed E-state index contributed by atoms with van der Waals surface area (Å²) in [6.07, 6.45) is 9.94. The Labute approximate surface area is 159 Å². The fourth-order valence-corrected chi connectivity index (χ4v) is 5.84. The summed E-state index contributed by atoms with van der Waals surface area (Å²) >= 11 is 0. The highest BCUT2D eigenvalue weighted by Gasteiger charge is 2.49. The van der Waals surface area contributed by atoms with Gasteiger partial charge in [-0.25, -0.2) is 0 Å². The zero-order valence-corrected chi connectivity index (χ0v) is 16.5. The molecule has 0 amide bonds. The van der Waals surface area contributed by atoms with E-state index in [9.17, 15) is 5.26 Å². The third-order valence-corrected chi connectivity index (χ3v) is 7.90. The highest BCUT2D eigenvalue weighted by atomic mass is 15.2. The number of likely N-dealkylation sites (tertiary alicyclic amines) is 1. The Morgan fingerprint density at radius 3 is 2.23 bits per heavy atom. The maximum atomic E-state index is 9.57. The minimum Gasteiger partial charge on any atom is -0.301 e. The largest absolute Gasteiger partial charge is 0.301 e. The molecule has 0 atom stereocenters. The number of nitriles is 1. The fourth-order valence-electron chi connectivity index (χ4n) is 5.84. The van der Waals surface area contributed by atoms with Crippen molar-refractivity contribution in [2.45, 2.75) is 56.9 Å². The average Bonchev–Trinajstić information content (AvgIpc) is 3.02. The van der Waals surface area contributed by atoms with Gasteiger partial charge in [-0.15, -0.1) is 0 Å². The maximum Gasteiger partial charge on any atom is 0.0703 e. The van der Waals surface area contributed by atoms with Gasteiger partial charge in [0.05, 0.1) is 11.5 Å². The highest BCUT2D eigenvalue weighted by Crippen LogP contribution is 2.52. The first-order valence-corrected chi connectivity index (χ1v) is 10.4. The second kappa shape index (κ2) is 6.66. The van der Waals surface area contributed by atoms with Gasteiger partial charge in [0.15, 0.2) is 0 Å². The van der Waals surface area contributed by atoms with Gasteiger partial charge in [0, 0.05) is 18.6 Å². The Kier molecular flexibility index (Phi) is 4.61. The topological polar surface area (TPSA) is 30.3 Å². The van der Waals surface area contributed by atoms with Gasteiger partial charge in [-0.3, -0.25) is 4.90 Å². The molecule has 140 valence electrons. The van der Waals surface area contributed by atoms with Crippen LogP contribution in [0.4, 0.5) is 0 Å². The van der Waals surface area contributed by atoms with E-state index in [1.54, 1.807) is 0 Å². The van der Waals surface area contributed by atoms with Crippen LogP contribution in [-0.2, 0) is 5.54 Å². The van der Waals surface area contributed by atoms with Crippen molar-refractivity contribution in [2.75, 3.05) is 33.7 Å². The summed E-state index contributed by atoms with van der Waals surface area (Å²) < 4.78 is 0. The predicted molar refractivity (Wildman–Crippen MR) is 106 cm³/mol. The molecule has 0 N–H and O–H groups in total. The molecule has 0 radical (unpaired) electrons. The van der Waals surface area contributed by atoms with E-state index < -0.39 is 0 Å². The van der Waals surface area contributed by atoms with Crippen LogP contribution in [0.2, 0.25) is 0 Å². The summed E-state index contributed by atoms with van der Waals surface area (Å²) in [4.78, 5) is 5.08. The Balaban J connectivity index is 1.44. The third kappa shape index (κ3) is 2.98. The van der Waals surface area contributed by atoms with Gasteiger partial charge in [0.2, 0.25) is 0 Å². The molecule has 1 aromatic carbocycles. The minimum absolute atomic E-state index is 0.0162. The van der Waals surface area contributed by atoms with Gasteiger partial charge in [0.1, 0.15) is 0 Å². The van der Waals surface area contributed by atoms with Gasteiger partial charge in [-0.1, -0.05) is 36.8 Å². The standard InChI is InChI=1S/C23H33N3/c1-25(2)23(20-7-4-3-5-8-20)13-11-21(12-14-23)15-16-26(18-21)19-22(17-24)9-6-10-22/h3-5,7-8H,6,9-16,18-19H2,1-2H3. The van der Waals surface area contributed by atoms with E-state index in [1.165, 1.54) is 57.2 Å². The molecule has 1 heterocycles. The van der Waals surface area contributed by atoms with Crippen LogP contribution >= 0.6 is 0 Å². The van der Waals surface area contributed by atoms with Crippen LogP contribution in [0.25, 0.3) is 0 Å². The quantitative estimate of drug-likeness (QED) is 0.805. The van der Waals surface area contributed by atoms with E-state index in [-0.39, 0.29) is 11.0 Å². The van der Waals surface area contributed by atoms with E-state index in [1.807, 2.05) is 0 Å². The van der Waals surface area contributed by atoms with Gasteiger partial charge < -0.3 is 4.90 Å². The van der Waals surface area contributed by atoms with Crippen molar-refractivity contribution in [2.24, 2.45) is 10.8 Å². The second-order valence-corrected chi connectivity index (χ2v) is 9.50. The van der Waals surface area contributed by atoms with Crippen molar-refractivity contribution < 1.29 is 0 Å². The number of benzene rings is 1. The van der Waals surface area contributed by atoms with Gasteiger partial charge in [-0.2, -0.15) is 5.26 Å². The van der Waals surface area contributed by atoms with Crippen LogP contribution in [0.5, 0.6) is 0 Å². The monoisotopic (exact) mass is 351 g/mol. The molecular formula is C23H33N3. The lowest BCUT2D eigenvalue weighted by atomic mass is 9.64. The van der Waals surface area contributed by atoms with Crippen molar-refractivity contribution in [3.05, 3.63) is 35.9 Å². The highest BCUT2D eigenvalue weighted by molar-refractivity contribution is 5.26. The fraction of sp³-hybridized carbons (Fsp3) is 0.696. The van der Waals surface area contributed by atoms with Crippen molar-refractivity contribution >= 4 is 0 Å². The molecular weight excluding hydrogens is 318 g/mol. The first-order chi connectivity index (χ1) is 12.5. The van der Waals surface area contributed by atoms with Gasteiger partial charge in [0.25, 0.3) is 0 Å². The third-order valence-electron chi connectivity index (χ3n) is 7.90. The summed E-state index contributed by atoms with van der Waals surface area (Å²) in [7, 11) is 4.50. The minimum atomic E-state index is -0.0162. The van der Waals surface area contributed by atoms with E-state index in [0.717, 1.165) is 19.4 Å². The molecule has 3 aliphatic rings. The van der Waals surface area contributed by atoms with E-state index in [0.29, 0.717) is 5.41 Å². The lowest BCUT2D eigenvalue weighted by molar-refractivity contribution is 0.0346. The van der Waals surface area contributed by atoms with Crippen molar-refractivity contribution in [3.8, 4) is 6.07 Å². The summed E-state index contributed by atoms with van der Waals surface area (Å²) in [5.41, 5.74) is 2.15. The van der Waals surface area contributed by atoms with Crippen LogP contribution in [0.3, 0.4) is 0 Å². The SMILES string of the molecule is CN(C)C1(c2ccccc2)CCC2(CCN(CC3(C#N)CCC3)C2)CC1. The smallest absolute Gasteiger partial charge is 0.0703 e. The second-order valence-electron chi connectivity index (χ2n) is 9.50. The Hall–Kier alpha value is -1.37. The molecule has 4 rings (SSSR count). The normalized spacial score (nSPS) is 33.9. The molecule has 3 nitrogen and oxygen atoms in total. The molecule has 1 spiro atoms. The molecule has 3 fully saturated rings. The van der Waals surface area contributed by atoms with E-state index in [2.05, 4.69) is 60.3 Å². The van der Waals surface area contributed by atoms with Gasteiger partial charge in [-0.05, 0) is 76.6 Å². The summed E-state index contributed by atoms with van der Waals surface area (Å²) in [6, 6.07) is 13.7.